The smallest absolute Gasteiger partial charge is 0.330 e. The summed E-state index contributed by atoms with van der Waals surface area (Å²) in [4.78, 5) is 13.7. The van der Waals surface area contributed by atoms with Crippen LogP contribution >= 0.6 is 0 Å². The lowest BCUT2D eigenvalue weighted by Gasteiger charge is -2.12. The van der Waals surface area contributed by atoms with Crippen molar-refractivity contribution in [3.63, 3.8) is 0 Å². The molecule has 0 aromatic heterocycles. The van der Waals surface area contributed by atoms with Crippen LogP contribution in [0.25, 0.3) is 6.08 Å². The second kappa shape index (κ2) is 6.17. The molecule has 0 saturated carbocycles. The van der Waals surface area contributed by atoms with Crippen molar-refractivity contribution >= 4 is 12.0 Å². The molecule has 0 radical (unpaired) electrons. The molecule has 0 N–H and O–H groups in total. The van der Waals surface area contributed by atoms with Crippen molar-refractivity contribution in [2.45, 2.75) is 6.04 Å². The van der Waals surface area contributed by atoms with Gasteiger partial charge in [-0.05, 0) is 11.6 Å². The molecule has 1 heterocycles. The van der Waals surface area contributed by atoms with Crippen molar-refractivity contribution in [3.05, 3.63) is 54.6 Å². The summed E-state index contributed by atoms with van der Waals surface area (Å²) in [5, 5.41) is 0. The van der Waals surface area contributed by atoms with Gasteiger partial charge in [0.2, 0.25) is 0 Å². The minimum absolute atomic E-state index is 0.152. The van der Waals surface area contributed by atoms with Gasteiger partial charge in [0.25, 0.3) is 0 Å². The fourth-order valence-corrected chi connectivity index (χ4v) is 1.66. The molecule has 1 aliphatic heterocycles. The van der Waals surface area contributed by atoms with Crippen molar-refractivity contribution in [2.24, 2.45) is 0 Å². The van der Waals surface area contributed by atoms with Crippen LogP contribution in [-0.2, 0) is 9.53 Å². The first-order valence-electron chi connectivity index (χ1n) is 6.06. The van der Waals surface area contributed by atoms with Crippen molar-refractivity contribution in [3.8, 4) is 0 Å². The molecule has 1 atom stereocenters. The second-order valence-electron chi connectivity index (χ2n) is 4.21. The molecule has 3 heteroatoms. The maximum absolute atomic E-state index is 11.5. The van der Waals surface area contributed by atoms with E-state index in [4.69, 9.17) is 4.74 Å². The molecular weight excluding hydrogens is 226 g/mol. The van der Waals surface area contributed by atoms with E-state index in [0.29, 0.717) is 6.61 Å². The molecule has 1 aliphatic rings. The Kier molecular flexibility index (Phi) is 4.31. The highest BCUT2D eigenvalue weighted by molar-refractivity contribution is 5.87. The third-order valence-electron chi connectivity index (χ3n) is 2.83. The number of carbonyl (C=O) groups excluding carboxylic acids is 1. The molecule has 1 saturated heterocycles. The number of nitrogens with zero attached hydrogens (tertiary/aromatic N) is 1. The van der Waals surface area contributed by atoms with Crippen LogP contribution in [0.4, 0.5) is 0 Å². The molecule has 1 fully saturated rings. The summed E-state index contributed by atoms with van der Waals surface area (Å²) in [5.74, 6) is -0.312. The third kappa shape index (κ3) is 3.86. The quantitative estimate of drug-likeness (QED) is 0.332. The van der Waals surface area contributed by atoms with Gasteiger partial charge in [0, 0.05) is 19.2 Å². The molecule has 94 valence electrons. The van der Waals surface area contributed by atoms with E-state index in [0.717, 1.165) is 18.7 Å². The maximum Gasteiger partial charge on any atom is 0.330 e. The Balaban J connectivity index is 1.78. The zero-order chi connectivity index (χ0) is 12.8. The average Bonchev–Trinajstić information content (AvgIpc) is 3.23. The van der Waals surface area contributed by atoms with Crippen LogP contribution in [0.1, 0.15) is 5.56 Å². The largest absolute Gasteiger partial charge is 0.461 e. The number of hydrogen-bond donors (Lipinski definition) is 0. The van der Waals surface area contributed by atoms with E-state index in [-0.39, 0.29) is 12.0 Å². The van der Waals surface area contributed by atoms with E-state index in [1.807, 2.05) is 36.4 Å². The molecule has 2 rings (SSSR count). The zero-order valence-electron chi connectivity index (χ0n) is 10.3. The van der Waals surface area contributed by atoms with E-state index in [1.165, 1.54) is 6.08 Å². The summed E-state index contributed by atoms with van der Waals surface area (Å²) in [6.07, 6.45) is 5.03. The van der Waals surface area contributed by atoms with E-state index in [9.17, 15) is 4.79 Å². The molecule has 18 heavy (non-hydrogen) atoms. The van der Waals surface area contributed by atoms with Gasteiger partial charge in [-0.25, -0.2) is 4.79 Å². The Morgan fingerprint density at radius 3 is 2.72 bits per heavy atom. The van der Waals surface area contributed by atoms with Crippen LogP contribution in [0, 0.1) is 0 Å². The Bertz CT molecular complexity index is 435. The maximum atomic E-state index is 11.5. The van der Waals surface area contributed by atoms with Crippen molar-refractivity contribution in [2.75, 3.05) is 19.7 Å². The number of carbonyl (C=O) groups is 1. The number of ether oxygens (including phenoxy) is 1. The second-order valence-corrected chi connectivity index (χ2v) is 4.21. The van der Waals surface area contributed by atoms with E-state index in [2.05, 4.69) is 11.5 Å². The lowest BCUT2D eigenvalue weighted by atomic mass is 10.2. The fraction of sp³-hybridized carbons (Fsp3) is 0.267. The van der Waals surface area contributed by atoms with Crippen molar-refractivity contribution in [1.82, 2.24) is 4.90 Å². The molecule has 3 nitrogen and oxygen atoms in total. The van der Waals surface area contributed by atoms with Crippen LogP contribution < -0.4 is 0 Å². The molecule has 0 aliphatic carbocycles. The van der Waals surface area contributed by atoms with Crippen molar-refractivity contribution < 1.29 is 9.53 Å². The van der Waals surface area contributed by atoms with Gasteiger partial charge in [-0.3, -0.25) is 4.90 Å². The Morgan fingerprint density at radius 2 is 2.11 bits per heavy atom. The van der Waals surface area contributed by atoms with Gasteiger partial charge in [0.05, 0.1) is 6.04 Å². The van der Waals surface area contributed by atoms with Gasteiger partial charge in [-0.15, -0.1) is 6.58 Å². The Labute approximate surface area is 107 Å². The molecular formula is C15H17NO2. The van der Waals surface area contributed by atoms with Crippen molar-refractivity contribution in [1.29, 1.82) is 0 Å². The van der Waals surface area contributed by atoms with Gasteiger partial charge in [-0.1, -0.05) is 36.4 Å². The summed E-state index contributed by atoms with van der Waals surface area (Å²) in [6, 6.07) is 9.82. The number of rotatable bonds is 6. The minimum Gasteiger partial charge on any atom is -0.461 e. The Hall–Kier alpha value is -1.87. The van der Waals surface area contributed by atoms with Crippen LogP contribution in [0.5, 0.6) is 0 Å². The average molecular weight is 243 g/mol. The molecule has 1 aromatic rings. The predicted octanol–water partition coefficient (Wildman–Crippen LogP) is 2.11. The van der Waals surface area contributed by atoms with E-state index >= 15 is 0 Å². The highest BCUT2D eigenvalue weighted by atomic mass is 16.5. The van der Waals surface area contributed by atoms with Gasteiger partial charge < -0.3 is 4.74 Å². The molecule has 1 unspecified atom stereocenters. The van der Waals surface area contributed by atoms with Crippen LogP contribution in [-0.4, -0.2) is 36.6 Å². The van der Waals surface area contributed by atoms with Gasteiger partial charge in [-0.2, -0.15) is 0 Å². The number of benzene rings is 1. The SMILES string of the molecule is C=CC(COC(=O)C=Cc1ccccc1)N1CC1. The predicted molar refractivity (Wildman–Crippen MR) is 72.0 cm³/mol. The molecule has 0 bridgehead atoms. The summed E-state index contributed by atoms with van der Waals surface area (Å²) in [5.41, 5.74) is 0.987. The summed E-state index contributed by atoms with van der Waals surface area (Å²) in [7, 11) is 0. The van der Waals surface area contributed by atoms with E-state index < -0.39 is 0 Å². The van der Waals surface area contributed by atoms with Gasteiger partial charge in [0.1, 0.15) is 6.61 Å². The summed E-state index contributed by atoms with van der Waals surface area (Å²) in [6.45, 7) is 6.25. The Morgan fingerprint density at radius 1 is 1.39 bits per heavy atom. The summed E-state index contributed by atoms with van der Waals surface area (Å²) < 4.78 is 5.18. The fourth-order valence-electron chi connectivity index (χ4n) is 1.66. The lowest BCUT2D eigenvalue weighted by molar-refractivity contribution is -0.138. The van der Waals surface area contributed by atoms with Gasteiger partial charge >= 0.3 is 5.97 Å². The molecule has 0 spiro atoms. The van der Waals surface area contributed by atoms with Crippen LogP contribution in [0.3, 0.4) is 0 Å². The topological polar surface area (TPSA) is 29.3 Å². The number of esters is 1. The minimum atomic E-state index is -0.312. The molecule has 1 aromatic carbocycles. The first kappa shape index (κ1) is 12.6. The van der Waals surface area contributed by atoms with Crippen LogP contribution in [0.15, 0.2) is 49.1 Å². The third-order valence-corrected chi connectivity index (χ3v) is 2.83. The molecule has 0 amide bonds. The van der Waals surface area contributed by atoms with Gasteiger partial charge in [0.15, 0.2) is 0 Å². The first-order chi connectivity index (χ1) is 8.79. The van der Waals surface area contributed by atoms with Crippen LogP contribution in [0.2, 0.25) is 0 Å². The lowest BCUT2D eigenvalue weighted by Crippen LogP contribution is -2.23. The first-order valence-corrected chi connectivity index (χ1v) is 6.06. The zero-order valence-corrected chi connectivity index (χ0v) is 10.3. The van der Waals surface area contributed by atoms with E-state index in [1.54, 1.807) is 6.08 Å². The monoisotopic (exact) mass is 243 g/mol. The standard InChI is InChI=1S/C15H17NO2/c1-2-14(16-10-11-16)12-18-15(17)9-8-13-6-4-3-5-7-13/h2-9,14H,1,10-12H2. The number of hydrogen-bond acceptors (Lipinski definition) is 3. The highest BCUT2D eigenvalue weighted by Gasteiger charge is 2.25. The highest BCUT2D eigenvalue weighted by Crippen LogP contribution is 2.11. The summed E-state index contributed by atoms with van der Waals surface area (Å²) >= 11 is 0. The normalized spacial score (nSPS) is 16.4.